The Morgan fingerprint density at radius 3 is 2.50 bits per heavy atom. The zero-order valence-electron chi connectivity index (χ0n) is 14.2. The smallest absolute Gasteiger partial charge is 0.240 e. The molecule has 3 rings (SSSR count). The maximum atomic E-state index is 12.4. The Labute approximate surface area is 152 Å². The second-order valence-corrected chi connectivity index (χ2v) is 8.18. The molecule has 1 aliphatic heterocycles. The van der Waals surface area contributed by atoms with Crippen LogP contribution in [-0.2, 0) is 25.8 Å². The molecule has 1 aliphatic rings. The van der Waals surface area contributed by atoms with Gasteiger partial charge in [0.05, 0.1) is 16.3 Å². The van der Waals surface area contributed by atoms with E-state index >= 15 is 0 Å². The fraction of sp³-hybridized carbons (Fsp3) is 0.263. The molecule has 2 amide bonds. The molecular formula is C19H20N2O4S. The van der Waals surface area contributed by atoms with Crippen molar-refractivity contribution in [1.82, 2.24) is 5.32 Å². The molecule has 6 nitrogen and oxygen atoms in total. The van der Waals surface area contributed by atoms with E-state index in [0.29, 0.717) is 13.0 Å². The molecule has 0 aromatic heterocycles. The van der Waals surface area contributed by atoms with E-state index in [1.54, 1.807) is 18.2 Å². The lowest BCUT2D eigenvalue weighted by atomic mass is 10.1. The van der Waals surface area contributed by atoms with Crippen LogP contribution in [0.25, 0.3) is 0 Å². The van der Waals surface area contributed by atoms with Gasteiger partial charge in [-0.3, -0.25) is 9.59 Å². The van der Waals surface area contributed by atoms with E-state index in [1.807, 2.05) is 30.3 Å². The summed E-state index contributed by atoms with van der Waals surface area (Å²) < 4.78 is 24.6. The van der Waals surface area contributed by atoms with Gasteiger partial charge in [0, 0.05) is 13.0 Å². The molecule has 0 fully saturated rings. The molecule has 1 N–H and O–H groups in total. The summed E-state index contributed by atoms with van der Waals surface area (Å²) in [6.07, 6.45) is 0.555. The van der Waals surface area contributed by atoms with E-state index in [1.165, 1.54) is 11.0 Å². The highest BCUT2D eigenvalue weighted by atomic mass is 32.2. The SMILES string of the molecule is O=C(CN1C(=O)CCS(=O)(=O)c2ccccc21)NCCc1ccccc1. The van der Waals surface area contributed by atoms with Gasteiger partial charge in [0.15, 0.2) is 9.84 Å². The van der Waals surface area contributed by atoms with Crippen molar-refractivity contribution in [2.45, 2.75) is 17.7 Å². The third kappa shape index (κ3) is 4.11. The molecule has 26 heavy (non-hydrogen) atoms. The number of sulfone groups is 1. The van der Waals surface area contributed by atoms with Crippen LogP contribution in [0.1, 0.15) is 12.0 Å². The number of nitrogens with zero attached hydrogens (tertiary/aromatic N) is 1. The predicted octanol–water partition coefficient (Wildman–Crippen LogP) is 1.56. The fourth-order valence-electron chi connectivity index (χ4n) is 2.91. The number of anilines is 1. The summed E-state index contributed by atoms with van der Waals surface area (Å²) in [5, 5.41) is 2.79. The first-order valence-electron chi connectivity index (χ1n) is 8.40. The van der Waals surface area contributed by atoms with Crippen LogP contribution in [0.15, 0.2) is 59.5 Å². The van der Waals surface area contributed by atoms with Crippen LogP contribution in [0.2, 0.25) is 0 Å². The van der Waals surface area contributed by atoms with Gasteiger partial charge >= 0.3 is 0 Å². The number of rotatable bonds is 5. The van der Waals surface area contributed by atoms with Crippen LogP contribution in [0.4, 0.5) is 5.69 Å². The van der Waals surface area contributed by atoms with Crippen LogP contribution in [0, 0.1) is 0 Å². The van der Waals surface area contributed by atoms with Crippen molar-refractivity contribution in [3.8, 4) is 0 Å². The Bertz CT molecular complexity index is 910. The first kappa shape index (κ1) is 18.1. The number of hydrogen-bond acceptors (Lipinski definition) is 4. The molecule has 0 unspecified atom stereocenters. The summed E-state index contributed by atoms with van der Waals surface area (Å²) in [5.74, 6) is -0.922. The molecule has 0 aliphatic carbocycles. The van der Waals surface area contributed by atoms with Gasteiger partial charge in [-0.2, -0.15) is 0 Å². The summed E-state index contributed by atoms with van der Waals surface area (Å²) in [4.78, 5) is 26.0. The van der Waals surface area contributed by atoms with E-state index < -0.39 is 9.84 Å². The molecule has 0 bridgehead atoms. The predicted molar refractivity (Wildman–Crippen MR) is 98.6 cm³/mol. The van der Waals surface area contributed by atoms with Crippen molar-refractivity contribution in [3.63, 3.8) is 0 Å². The minimum atomic E-state index is -3.53. The Morgan fingerprint density at radius 2 is 1.73 bits per heavy atom. The topological polar surface area (TPSA) is 83.6 Å². The summed E-state index contributed by atoms with van der Waals surface area (Å²) in [6, 6.07) is 16.1. The normalized spacial score (nSPS) is 15.8. The third-order valence-electron chi connectivity index (χ3n) is 4.26. The van der Waals surface area contributed by atoms with Gasteiger partial charge in [-0.05, 0) is 24.1 Å². The molecule has 2 aromatic carbocycles. The van der Waals surface area contributed by atoms with Gasteiger partial charge in [0.1, 0.15) is 6.54 Å². The number of carbonyl (C=O) groups excluding carboxylic acids is 2. The summed E-state index contributed by atoms with van der Waals surface area (Å²) in [5.41, 5.74) is 1.38. The standard InChI is InChI=1S/C19H20N2O4S/c22-18(20-12-10-15-6-2-1-3-7-15)14-21-16-8-4-5-9-17(16)26(24,25)13-11-19(21)23/h1-9H,10-14H2,(H,20,22). The molecule has 0 saturated heterocycles. The zero-order chi connectivity index (χ0) is 18.6. The monoisotopic (exact) mass is 372 g/mol. The van der Waals surface area contributed by atoms with Gasteiger partial charge in [-0.15, -0.1) is 0 Å². The number of fused-ring (bicyclic) bond motifs is 1. The molecule has 7 heteroatoms. The third-order valence-corrected chi connectivity index (χ3v) is 6.01. The van der Waals surface area contributed by atoms with Crippen molar-refractivity contribution < 1.29 is 18.0 Å². The maximum absolute atomic E-state index is 12.4. The number of nitrogens with one attached hydrogen (secondary N) is 1. The lowest BCUT2D eigenvalue weighted by Crippen LogP contribution is -2.41. The van der Waals surface area contributed by atoms with E-state index in [9.17, 15) is 18.0 Å². The Hall–Kier alpha value is -2.67. The minimum absolute atomic E-state index is 0.0999. The molecule has 136 valence electrons. The largest absolute Gasteiger partial charge is 0.354 e. The van der Waals surface area contributed by atoms with Crippen molar-refractivity contribution >= 4 is 27.3 Å². The first-order valence-corrected chi connectivity index (χ1v) is 10.1. The first-order chi connectivity index (χ1) is 12.5. The quantitative estimate of drug-likeness (QED) is 0.863. The van der Waals surface area contributed by atoms with Crippen molar-refractivity contribution in [1.29, 1.82) is 0 Å². The highest BCUT2D eigenvalue weighted by Gasteiger charge is 2.31. The highest BCUT2D eigenvalue weighted by Crippen LogP contribution is 2.29. The fourth-order valence-corrected chi connectivity index (χ4v) is 4.35. The van der Waals surface area contributed by atoms with Crippen LogP contribution in [0.3, 0.4) is 0 Å². The average molecular weight is 372 g/mol. The average Bonchev–Trinajstić information content (AvgIpc) is 2.73. The molecular weight excluding hydrogens is 352 g/mol. The van der Waals surface area contributed by atoms with Crippen molar-refractivity contribution in [2.24, 2.45) is 0 Å². The lowest BCUT2D eigenvalue weighted by molar-refractivity contribution is -0.123. The van der Waals surface area contributed by atoms with Crippen LogP contribution in [0.5, 0.6) is 0 Å². The van der Waals surface area contributed by atoms with Gasteiger partial charge < -0.3 is 10.2 Å². The lowest BCUT2D eigenvalue weighted by Gasteiger charge is -2.21. The van der Waals surface area contributed by atoms with E-state index in [-0.39, 0.29) is 41.1 Å². The zero-order valence-corrected chi connectivity index (χ0v) is 15.0. The highest BCUT2D eigenvalue weighted by molar-refractivity contribution is 7.91. The van der Waals surface area contributed by atoms with Crippen LogP contribution >= 0.6 is 0 Å². The van der Waals surface area contributed by atoms with E-state index in [4.69, 9.17) is 0 Å². The van der Waals surface area contributed by atoms with Gasteiger partial charge in [0.2, 0.25) is 11.8 Å². The van der Waals surface area contributed by atoms with Crippen molar-refractivity contribution in [3.05, 3.63) is 60.2 Å². The van der Waals surface area contributed by atoms with Crippen LogP contribution < -0.4 is 10.2 Å². The number of para-hydroxylation sites is 1. The molecule has 0 atom stereocenters. The molecule has 1 heterocycles. The van der Waals surface area contributed by atoms with Crippen molar-refractivity contribution in [2.75, 3.05) is 23.7 Å². The molecule has 0 radical (unpaired) electrons. The number of hydrogen-bond donors (Lipinski definition) is 1. The van der Waals surface area contributed by atoms with Gasteiger partial charge in [-0.25, -0.2) is 8.42 Å². The number of benzene rings is 2. The second kappa shape index (κ2) is 7.70. The summed E-state index contributed by atoms with van der Waals surface area (Å²) >= 11 is 0. The van der Waals surface area contributed by atoms with Crippen LogP contribution in [-0.4, -0.2) is 39.1 Å². The van der Waals surface area contributed by atoms with E-state index in [2.05, 4.69) is 5.32 Å². The maximum Gasteiger partial charge on any atom is 0.240 e. The van der Waals surface area contributed by atoms with E-state index in [0.717, 1.165) is 5.56 Å². The Balaban J connectivity index is 1.69. The van der Waals surface area contributed by atoms with Gasteiger partial charge in [0.25, 0.3) is 0 Å². The number of carbonyl (C=O) groups is 2. The number of amides is 2. The summed E-state index contributed by atoms with van der Waals surface area (Å²) in [7, 11) is -3.53. The Morgan fingerprint density at radius 1 is 1.04 bits per heavy atom. The molecule has 0 spiro atoms. The Kier molecular flexibility index (Phi) is 5.37. The van der Waals surface area contributed by atoms with Gasteiger partial charge in [-0.1, -0.05) is 42.5 Å². The minimum Gasteiger partial charge on any atom is -0.354 e. The molecule has 2 aromatic rings. The second-order valence-electron chi connectivity index (χ2n) is 6.10. The molecule has 0 saturated carbocycles. The summed E-state index contributed by atoms with van der Waals surface area (Å²) in [6.45, 7) is 0.255.